The number of hydrogen-bond acceptors (Lipinski definition) is 3. The Bertz CT molecular complexity index is 607. The molecule has 0 aromatic heterocycles. The number of carbonyl (C=O) groups is 1. The maximum atomic E-state index is 11.9. The average Bonchev–Trinajstić information content (AvgIpc) is 2.42. The Hall–Kier alpha value is -2.49. The quantitative estimate of drug-likeness (QED) is 0.863. The van der Waals surface area contributed by atoms with E-state index in [2.05, 4.69) is 5.32 Å². The summed E-state index contributed by atoms with van der Waals surface area (Å²) < 4.78 is 5.74. The number of para-hydroxylation sites is 1. The molecule has 0 saturated carbocycles. The number of carbonyl (C=O) groups excluding carboxylic acids is 1. The van der Waals surface area contributed by atoms with Crippen LogP contribution in [0.5, 0.6) is 11.5 Å². The summed E-state index contributed by atoms with van der Waals surface area (Å²) in [5, 5.41) is 12.0. The zero-order valence-electron chi connectivity index (χ0n) is 10.2. The van der Waals surface area contributed by atoms with Gasteiger partial charge in [-0.2, -0.15) is 0 Å². The SMILES string of the molecule is O=C1NC(Cc2ccc(O)cc2)Oc2ccccc21. The van der Waals surface area contributed by atoms with Crippen LogP contribution in [0.25, 0.3) is 0 Å². The molecule has 0 saturated heterocycles. The fourth-order valence-electron chi connectivity index (χ4n) is 2.10. The Labute approximate surface area is 110 Å². The smallest absolute Gasteiger partial charge is 0.257 e. The Morgan fingerprint density at radius 1 is 1.11 bits per heavy atom. The first kappa shape index (κ1) is 11.6. The van der Waals surface area contributed by atoms with Gasteiger partial charge in [-0.05, 0) is 29.8 Å². The average molecular weight is 255 g/mol. The maximum absolute atomic E-state index is 11.9. The van der Waals surface area contributed by atoms with Crippen molar-refractivity contribution >= 4 is 5.91 Å². The van der Waals surface area contributed by atoms with Crippen molar-refractivity contribution in [3.8, 4) is 11.5 Å². The third kappa shape index (κ3) is 2.38. The molecule has 2 N–H and O–H groups in total. The van der Waals surface area contributed by atoms with Crippen molar-refractivity contribution in [3.63, 3.8) is 0 Å². The summed E-state index contributed by atoms with van der Waals surface area (Å²) in [5.74, 6) is 0.711. The van der Waals surface area contributed by atoms with Crippen LogP contribution in [0, 0.1) is 0 Å². The molecule has 3 rings (SSSR count). The topological polar surface area (TPSA) is 58.6 Å². The second-order valence-corrected chi connectivity index (χ2v) is 4.45. The number of nitrogens with one attached hydrogen (secondary N) is 1. The van der Waals surface area contributed by atoms with Crippen molar-refractivity contribution in [3.05, 3.63) is 59.7 Å². The van der Waals surface area contributed by atoms with Crippen molar-refractivity contribution in [2.75, 3.05) is 0 Å². The van der Waals surface area contributed by atoms with Crippen LogP contribution in [0.15, 0.2) is 48.5 Å². The second-order valence-electron chi connectivity index (χ2n) is 4.45. The minimum Gasteiger partial charge on any atom is -0.508 e. The lowest BCUT2D eigenvalue weighted by atomic mass is 10.1. The summed E-state index contributed by atoms with van der Waals surface area (Å²) in [5.41, 5.74) is 1.55. The monoisotopic (exact) mass is 255 g/mol. The van der Waals surface area contributed by atoms with Gasteiger partial charge in [0.1, 0.15) is 11.5 Å². The lowest BCUT2D eigenvalue weighted by molar-refractivity contribution is 0.0758. The zero-order valence-corrected chi connectivity index (χ0v) is 10.2. The molecule has 4 nitrogen and oxygen atoms in total. The standard InChI is InChI=1S/C15H13NO3/c17-11-7-5-10(6-8-11)9-14-16-15(18)12-3-1-2-4-13(12)19-14/h1-8,14,17H,9H2,(H,16,18). The number of rotatable bonds is 2. The fraction of sp³-hybridized carbons (Fsp3) is 0.133. The molecule has 1 unspecified atom stereocenters. The number of hydrogen-bond donors (Lipinski definition) is 2. The fourth-order valence-corrected chi connectivity index (χ4v) is 2.10. The molecule has 1 heterocycles. The minimum absolute atomic E-state index is 0.120. The number of amides is 1. The van der Waals surface area contributed by atoms with E-state index >= 15 is 0 Å². The van der Waals surface area contributed by atoms with Gasteiger partial charge in [0.05, 0.1) is 5.56 Å². The van der Waals surface area contributed by atoms with Crippen molar-refractivity contribution in [1.29, 1.82) is 0 Å². The summed E-state index contributed by atoms with van der Waals surface area (Å²) in [7, 11) is 0. The lowest BCUT2D eigenvalue weighted by Crippen LogP contribution is -2.44. The van der Waals surface area contributed by atoms with E-state index in [4.69, 9.17) is 4.74 Å². The molecule has 0 aliphatic carbocycles. The van der Waals surface area contributed by atoms with Crippen LogP contribution in [-0.4, -0.2) is 17.2 Å². The summed E-state index contributed by atoms with van der Waals surface area (Å²) >= 11 is 0. The lowest BCUT2D eigenvalue weighted by Gasteiger charge is -2.26. The Balaban J connectivity index is 1.78. The summed E-state index contributed by atoms with van der Waals surface area (Å²) in [4.78, 5) is 11.9. The van der Waals surface area contributed by atoms with E-state index in [1.54, 1.807) is 24.3 Å². The van der Waals surface area contributed by atoms with Crippen LogP contribution in [0.1, 0.15) is 15.9 Å². The van der Waals surface area contributed by atoms with E-state index in [0.717, 1.165) is 5.56 Å². The van der Waals surface area contributed by atoms with Crippen LogP contribution in [-0.2, 0) is 6.42 Å². The number of ether oxygens (including phenoxy) is 1. The molecular weight excluding hydrogens is 242 g/mol. The van der Waals surface area contributed by atoms with Gasteiger partial charge in [0.25, 0.3) is 5.91 Å². The molecule has 1 aliphatic rings. The number of fused-ring (bicyclic) bond motifs is 1. The van der Waals surface area contributed by atoms with E-state index in [1.807, 2.05) is 24.3 Å². The summed E-state index contributed by atoms with van der Waals surface area (Å²) in [6.45, 7) is 0. The zero-order chi connectivity index (χ0) is 13.2. The maximum Gasteiger partial charge on any atom is 0.257 e. The van der Waals surface area contributed by atoms with Crippen molar-refractivity contribution < 1.29 is 14.6 Å². The molecule has 0 fully saturated rings. The second kappa shape index (κ2) is 4.65. The minimum atomic E-state index is -0.382. The number of phenolic OH excluding ortho intramolecular Hbond substituents is 1. The van der Waals surface area contributed by atoms with Gasteiger partial charge in [0.15, 0.2) is 6.23 Å². The molecule has 96 valence electrons. The number of phenols is 1. The normalized spacial score (nSPS) is 17.3. The predicted molar refractivity (Wildman–Crippen MR) is 70.1 cm³/mol. The van der Waals surface area contributed by atoms with Gasteiger partial charge in [-0.3, -0.25) is 4.79 Å². The highest BCUT2D eigenvalue weighted by atomic mass is 16.5. The third-order valence-electron chi connectivity index (χ3n) is 3.05. The van der Waals surface area contributed by atoms with Crippen molar-refractivity contribution in [2.45, 2.75) is 12.6 Å². The van der Waals surface area contributed by atoms with Crippen LogP contribution >= 0.6 is 0 Å². The Morgan fingerprint density at radius 3 is 2.63 bits per heavy atom. The molecule has 0 spiro atoms. The van der Waals surface area contributed by atoms with Gasteiger partial charge in [-0.15, -0.1) is 0 Å². The van der Waals surface area contributed by atoms with Gasteiger partial charge in [-0.25, -0.2) is 0 Å². The van der Waals surface area contributed by atoms with Crippen molar-refractivity contribution in [2.24, 2.45) is 0 Å². The highest BCUT2D eigenvalue weighted by molar-refractivity contribution is 5.97. The summed E-state index contributed by atoms with van der Waals surface area (Å²) in [6, 6.07) is 14.0. The van der Waals surface area contributed by atoms with E-state index in [0.29, 0.717) is 17.7 Å². The van der Waals surface area contributed by atoms with Crippen LogP contribution in [0.3, 0.4) is 0 Å². The highest BCUT2D eigenvalue weighted by Gasteiger charge is 2.24. The van der Waals surface area contributed by atoms with Crippen molar-refractivity contribution in [1.82, 2.24) is 5.32 Å². The molecule has 0 radical (unpaired) electrons. The first-order valence-electron chi connectivity index (χ1n) is 6.07. The Kier molecular flexibility index (Phi) is 2.83. The van der Waals surface area contributed by atoms with E-state index in [1.165, 1.54) is 0 Å². The van der Waals surface area contributed by atoms with E-state index in [-0.39, 0.29) is 17.9 Å². The number of benzene rings is 2. The molecule has 1 aliphatic heterocycles. The molecule has 2 aromatic rings. The Morgan fingerprint density at radius 2 is 1.84 bits per heavy atom. The van der Waals surface area contributed by atoms with Gasteiger partial charge in [0, 0.05) is 6.42 Å². The molecular formula is C15H13NO3. The first-order chi connectivity index (χ1) is 9.22. The van der Waals surface area contributed by atoms with Gasteiger partial charge in [-0.1, -0.05) is 24.3 Å². The molecule has 2 aromatic carbocycles. The molecule has 4 heteroatoms. The molecule has 19 heavy (non-hydrogen) atoms. The van der Waals surface area contributed by atoms with Gasteiger partial charge >= 0.3 is 0 Å². The predicted octanol–water partition coefficient (Wildman–Crippen LogP) is 2.08. The van der Waals surface area contributed by atoms with Crippen LogP contribution < -0.4 is 10.1 Å². The number of aromatic hydroxyl groups is 1. The molecule has 1 amide bonds. The first-order valence-corrected chi connectivity index (χ1v) is 6.07. The van der Waals surface area contributed by atoms with Crippen LogP contribution in [0.4, 0.5) is 0 Å². The molecule has 0 bridgehead atoms. The third-order valence-corrected chi connectivity index (χ3v) is 3.05. The molecule has 1 atom stereocenters. The highest BCUT2D eigenvalue weighted by Crippen LogP contribution is 2.24. The largest absolute Gasteiger partial charge is 0.508 e. The van der Waals surface area contributed by atoms with Gasteiger partial charge in [0.2, 0.25) is 0 Å². The van der Waals surface area contributed by atoms with E-state index < -0.39 is 0 Å². The van der Waals surface area contributed by atoms with Gasteiger partial charge < -0.3 is 15.2 Å². The van der Waals surface area contributed by atoms with E-state index in [9.17, 15) is 9.90 Å². The van der Waals surface area contributed by atoms with Crippen LogP contribution in [0.2, 0.25) is 0 Å². The summed E-state index contributed by atoms with van der Waals surface area (Å²) in [6.07, 6.45) is 0.173.